The lowest BCUT2D eigenvalue weighted by molar-refractivity contribution is 0.111. The normalized spacial score (nSPS) is 20.2. The number of aliphatic hydroxyl groups excluding tert-OH is 1. The molecule has 1 N–H and O–H groups in total. The van der Waals surface area contributed by atoms with Crippen LogP contribution in [0.5, 0.6) is 0 Å². The molecule has 0 aliphatic carbocycles. The van der Waals surface area contributed by atoms with Gasteiger partial charge in [-0.1, -0.05) is 6.42 Å². The summed E-state index contributed by atoms with van der Waals surface area (Å²) in [5.74, 6) is -0.257. The van der Waals surface area contributed by atoms with Crippen molar-refractivity contribution in [3.05, 3.63) is 35.1 Å². The minimum atomic E-state index is -0.257. The van der Waals surface area contributed by atoms with E-state index < -0.39 is 0 Å². The average molecular weight is 262 g/mol. The van der Waals surface area contributed by atoms with Crippen molar-refractivity contribution in [2.45, 2.75) is 38.3 Å². The van der Waals surface area contributed by atoms with Crippen molar-refractivity contribution in [3.63, 3.8) is 0 Å². The molecule has 0 bridgehead atoms. The molecule has 1 atom stereocenters. The Hall–Kier alpha value is -1.44. The largest absolute Gasteiger partial charge is 0.396 e. The third kappa shape index (κ3) is 3.52. The molecule has 3 nitrogen and oxygen atoms in total. The van der Waals surface area contributed by atoms with Crippen LogP contribution in [0.4, 0.5) is 4.39 Å². The van der Waals surface area contributed by atoms with Crippen LogP contribution < -0.4 is 0 Å². The van der Waals surface area contributed by atoms with Gasteiger partial charge in [0.25, 0.3) is 0 Å². The van der Waals surface area contributed by atoms with Gasteiger partial charge < -0.3 is 5.11 Å². The highest BCUT2D eigenvalue weighted by Gasteiger charge is 2.22. The van der Waals surface area contributed by atoms with Crippen molar-refractivity contribution in [3.8, 4) is 6.07 Å². The summed E-state index contributed by atoms with van der Waals surface area (Å²) in [5, 5.41) is 18.0. The fourth-order valence-electron chi connectivity index (χ4n) is 2.73. The number of hydrogen-bond acceptors (Lipinski definition) is 3. The van der Waals surface area contributed by atoms with Crippen LogP contribution in [-0.4, -0.2) is 29.2 Å². The molecule has 1 aliphatic heterocycles. The highest BCUT2D eigenvalue weighted by molar-refractivity contribution is 5.33. The number of piperidine rings is 1. The molecule has 0 saturated carbocycles. The molecule has 2 rings (SSSR count). The maximum atomic E-state index is 13.8. The van der Waals surface area contributed by atoms with Crippen molar-refractivity contribution in [1.82, 2.24) is 4.90 Å². The lowest BCUT2D eigenvalue weighted by atomic mass is 9.98. The third-order valence-corrected chi connectivity index (χ3v) is 3.76. The van der Waals surface area contributed by atoms with Crippen LogP contribution in [0.15, 0.2) is 18.2 Å². The smallest absolute Gasteiger partial charge is 0.127 e. The molecule has 4 heteroatoms. The Bertz CT molecular complexity index is 468. The second-order valence-corrected chi connectivity index (χ2v) is 5.05. The van der Waals surface area contributed by atoms with E-state index in [-0.39, 0.29) is 12.4 Å². The van der Waals surface area contributed by atoms with Crippen molar-refractivity contribution in [2.24, 2.45) is 0 Å². The highest BCUT2D eigenvalue weighted by Crippen LogP contribution is 2.23. The molecule has 0 amide bonds. The van der Waals surface area contributed by atoms with E-state index in [0.717, 1.165) is 25.8 Å². The molecular formula is C15H19FN2O. The number of rotatable bonds is 4. The topological polar surface area (TPSA) is 47.3 Å². The summed E-state index contributed by atoms with van der Waals surface area (Å²) < 4.78 is 13.8. The predicted octanol–water partition coefficient (Wildman–Crippen LogP) is 2.43. The fraction of sp³-hybridized carbons (Fsp3) is 0.533. The van der Waals surface area contributed by atoms with E-state index >= 15 is 0 Å². The number of halogens is 1. The van der Waals surface area contributed by atoms with Crippen LogP contribution in [-0.2, 0) is 6.54 Å². The van der Waals surface area contributed by atoms with Crippen molar-refractivity contribution in [1.29, 1.82) is 5.26 Å². The van der Waals surface area contributed by atoms with Crippen LogP contribution in [0.1, 0.15) is 36.8 Å². The standard InChI is InChI=1S/C15H19FN2O/c16-15-5-4-12(10-17)9-13(15)11-18-7-2-1-3-14(18)6-8-19/h4-5,9,14,19H,1-3,6-8,11H2. The molecule has 19 heavy (non-hydrogen) atoms. The summed E-state index contributed by atoms with van der Waals surface area (Å²) in [6.45, 7) is 1.62. The number of aliphatic hydroxyl groups is 1. The quantitative estimate of drug-likeness (QED) is 0.906. The van der Waals surface area contributed by atoms with Crippen LogP contribution >= 0.6 is 0 Å². The number of hydrogen-bond donors (Lipinski definition) is 1. The number of benzene rings is 1. The van der Waals surface area contributed by atoms with Gasteiger partial charge in [-0.3, -0.25) is 4.90 Å². The van der Waals surface area contributed by atoms with Crippen molar-refractivity contribution in [2.75, 3.05) is 13.2 Å². The third-order valence-electron chi connectivity index (χ3n) is 3.76. The molecule has 1 aromatic rings. The average Bonchev–Trinajstić information content (AvgIpc) is 2.43. The van der Waals surface area contributed by atoms with Crippen LogP contribution in [0.2, 0.25) is 0 Å². The van der Waals surface area contributed by atoms with E-state index in [1.807, 2.05) is 6.07 Å². The van der Waals surface area contributed by atoms with Gasteiger partial charge in [0.1, 0.15) is 5.82 Å². The molecule has 1 saturated heterocycles. The van der Waals surface area contributed by atoms with Gasteiger partial charge in [-0.15, -0.1) is 0 Å². The summed E-state index contributed by atoms with van der Waals surface area (Å²) in [6.07, 6.45) is 4.07. The van der Waals surface area contributed by atoms with E-state index in [1.165, 1.54) is 18.6 Å². The first-order valence-corrected chi connectivity index (χ1v) is 6.78. The summed E-state index contributed by atoms with van der Waals surface area (Å²) in [7, 11) is 0. The van der Waals surface area contributed by atoms with Gasteiger partial charge in [-0.05, 0) is 44.0 Å². The molecule has 1 heterocycles. The number of likely N-dealkylation sites (tertiary alicyclic amines) is 1. The first-order chi connectivity index (χ1) is 9.24. The predicted molar refractivity (Wildman–Crippen MR) is 70.9 cm³/mol. The van der Waals surface area contributed by atoms with Crippen molar-refractivity contribution < 1.29 is 9.50 Å². The molecule has 1 aliphatic rings. The molecule has 1 unspecified atom stereocenters. The Morgan fingerprint density at radius 1 is 1.42 bits per heavy atom. The maximum Gasteiger partial charge on any atom is 0.127 e. The zero-order chi connectivity index (χ0) is 13.7. The molecule has 0 spiro atoms. The van der Waals surface area contributed by atoms with Crippen LogP contribution in [0.25, 0.3) is 0 Å². The molecule has 102 valence electrons. The SMILES string of the molecule is N#Cc1ccc(F)c(CN2CCCCC2CCO)c1. The van der Waals surface area contributed by atoms with Gasteiger partial charge in [0.2, 0.25) is 0 Å². The maximum absolute atomic E-state index is 13.8. The summed E-state index contributed by atoms with van der Waals surface area (Å²) in [6, 6.07) is 6.85. The van der Waals surface area contributed by atoms with E-state index in [1.54, 1.807) is 6.07 Å². The number of nitrogens with zero attached hydrogens (tertiary/aromatic N) is 2. The fourth-order valence-corrected chi connectivity index (χ4v) is 2.73. The number of nitriles is 1. The first kappa shape index (κ1) is 14.0. The molecular weight excluding hydrogens is 243 g/mol. The van der Waals surface area contributed by atoms with E-state index in [0.29, 0.717) is 23.7 Å². The summed E-state index contributed by atoms with van der Waals surface area (Å²) in [5.41, 5.74) is 1.07. The van der Waals surface area contributed by atoms with E-state index in [9.17, 15) is 4.39 Å². The second-order valence-electron chi connectivity index (χ2n) is 5.05. The summed E-state index contributed by atoms with van der Waals surface area (Å²) >= 11 is 0. The van der Waals surface area contributed by atoms with Crippen LogP contribution in [0.3, 0.4) is 0 Å². The van der Waals surface area contributed by atoms with Gasteiger partial charge in [-0.25, -0.2) is 4.39 Å². The zero-order valence-electron chi connectivity index (χ0n) is 11.0. The Balaban J connectivity index is 2.12. The van der Waals surface area contributed by atoms with E-state index in [4.69, 9.17) is 10.4 Å². The Labute approximate surface area is 113 Å². The Kier molecular flexibility index (Phi) is 4.89. The van der Waals surface area contributed by atoms with Crippen LogP contribution in [0, 0.1) is 17.1 Å². The van der Waals surface area contributed by atoms with E-state index in [2.05, 4.69) is 4.90 Å². The van der Waals surface area contributed by atoms with Gasteiger partial charge in [-0.2, -0.15) is 5.26 Å². The van der Waals surface area contributed by atoms with Gasteiger partial charge in [0, 0.05) is 24.8 Å². The summed E-state index contributed by atoms with van der Waals surface area (Å²) in [4.78, 5) is 2.22. The minimum Gasteiger partial charge on any atom is -0.396 e. The zero-order valence-corrected chi connectivity index (χ0v) is 11.0. The Morgan fingerprint density at radius 3 is 3.00 bits per heavy atom. The van der Waals surface area contributed by atoms with Gasteiger partial charge >= 0.3 is 0 Å². The lowest BCUT2D eigenvalue weighted by Gasteiger charge is -2.35. The molecule has 1 aromatic carbocycles. The Morgan fingerprint density at radius 2 is 2.26 bits per heavy atom. The molecule has 0 radical (unpaired) electrons. The second kappa shape index (κ2) is 6.65. The molecule has 0 aromatic heterocycles. The van der Waals surface area contributed by atoms with Crippen molar-refractivity contribution >= 4 is 0 Å². The van der Waals surface area contributed by atoms with Gasteiger partial charge in [0.05, 0.1) is 11.6 Å². The highest BCUT2D eigenvalue weighted by atomic mass is 19.1. The monoisotopic (exact) mass is 262 g/mol. The lowest BCUT2D eigenvalue weighted by Crippen LogP contribution is -2.39. The van der Waals surface area contributed by atoms with Gasteiger partial charge in [0.15, 0.2) is 0 Å². The molecule has 1 fully saturated rings. The first-order valence-electron chi connectivity index (χ1n) is 6.78. The minimum absolute atomic E-state index is 0.169.